The normalized spacial score (nSPS) is 13.9. The molecule has 5 nitrogen and oxygen atoms in total. The number of benzene rings is 3. The van der Waals surface area contributed by atoms with Gasteiger partial charge in [0.15, 0.2) is 11.5 Å². The minimum atomic E-state index is 0. The van der Waals surface area contributed by atoms with E-state index < -0.39 is 0 Å². The second kappa shape index (κ2) is 13.8. The summed E-state index contributed by atoms with van der Waals surface area (Å²) in [6, 6.07) is 19.7. The van der Waals surface area contributed by atoms with Crippen molar-refractivity contribution in [3.63, 3.8) is 0 Å². The van der Waals surface area contributed by atoms with Gasteiger partial charge in [-0.1, -0.05) is 48.0 Å². The molecular weight excluding hydrogens is 495 g/mol. The molecule has 1 aliphatic heterocycles. The van der Waals surface area contributed by atoms with Gasteiger partial charge in [-0.3, -0.25) is 9.80 Å². The number of hydrogen-bond donors (Lipinski definition) is 0. The summed E-state index contributed by atoms with van der Waals surface area (Å²) in [6.45, 7) is 10.3. The molecule has 1 saturated heterocycles. The Balaban J connectivity index is 0.00000228. The van der Waals surface area contributed by atoms with Crippen LogP contribution in [-0.4, -0.2) is 57.3 Å². The fourth-order valence-electron chi connectivity index (χ4n) is 4.64. The molecule has 4 rings (SSSR count). The van der Waals surface area contributed by atoms with Gasteiger partial charge in [0.05, 0.1) is 21.3 Å². The van der Waals surface area contributed by atoms with Gasteiger partial charge in [0.25, 0.3) is 0 Å². The zero-order valence-electron chi connectivity index (χ0n) is 21.9. The molecule has 0 radical (unpaired) electrons. The summed E-state index contributed by atoms with van der Waals surface area (Å²) in [5.74, 6) is 2.11. The maximum atomic E-state index is 5.68. The van der Waals surface area contributed by atoms with Crippen LogP contribution in [0.4, 0.5) is 0 Å². The van der Waals surface area contributed by atoms with Crippen molar-refractivity contribution in [2.75, 3.05) is 47.5 Å². The van der Waals surface area contributed by atoms with E-state index in [4.69, 9.17) is 14.2 Å². The van der Waals surface area contributed by atoms with Crippen LogP contribution in [0.5, 0.6) is 17.2 Å². The Labute approximate surface area is 228 Å². The highest BCUT2D eigenvalue weighted by Crippen LogP contribution is 2.40. The van der Waals surface area contributed by atoms with E-state index >= 15 is 0 Å². The first-order chi connectivity index (χ1) is 16.5. The number of methoxy groups -OCH3 is 3. The molecule has 0 aliphatic carbocycles. The summed E-state index contributed by atoms with van der Waals surface area (Å²) < 4.78 is 16.7. The summed E-state index contributed by atoms with van der Waals surface area (Å²) in [5, 5.41) is 0. The van der Waals surface area contributed by atoms with E-state index in [0.29, 0.717) is 11.5 Å². The van der Waals surface area contributed by atoms with Crippen molar-refractivity contribution in [1.82, 2.24) is 9.80 Å². The van der Waals surface area contributed by atoms with Crippen LogP contribution in [0, 0.1) is 13.8 Å². The van der Waals surface area contributed by atoms with E-state index in [2.05, 4.69) is 72.2 Å². The van der Waals surface area contributed by atoms with Crippen LogP contribution in [0.15, 0.2) is 54.6 Å². The van der Waals surface area contributed by atoms with Crippen LogP contribution in [-0.2, 0) is 13.1 Å². The molecule has 1 aliphatic rings. The number of aryl methyl sites for hydroxylation is 2. The SMILES string of the molecule is COc1ccc(CN2CCN(Cc3cc(-c4ccc(C)cc4)ccc3C)CC2)c(OC)c1OC.Cl.Cl. The molecule has 3 aromatic carbocycles. The highest BCUT2D eigenvalue weighted by Gasteiger charge is 2.21. The molecular formula is C29H38Cl2N2O3. The summed E-state index contributed by atoms with van der Waals surface area (Å²) in [5.41, 5.74) is 7.75. The lowest BCUT2D eigenvalue weighted by atomic mass is 9.98. The first kappa shape index (κ1) is 29.8. The molecule has 36 heavy (non-hydrogen) atoms. The van der Waals surface area contributed by atoms with Gasteiger partial charge in [0.2, 0.25) is 5.75 Å². The number of piperazine rings is 1. The van der Waals surface area contributed by atoms with Crippen molar-refractivity contribution in [2.24, 2.45) is 0 Å². The Morgan fingerprint density at radius 2 is 1.17 bits per heavy atom. The fraction of sp³-hybridized carbons (Fsp3) is 0.379. The van der Waals surface area contributed by atoms with Crippen molar-refractivity contribution in [2.45, 2.75) is 26.9 Å². The number of rotatable bonds is 8. The predicted molar refractivity (Wildman–Crippen MR) is 152 cm³/mol. The number of nitrogens with zero attached hydrogens (tertiary/aromatic N) is 2. The Bertz CT molecular complexity index is 1110. The fourth-order valence-corrected chi connectivity index (χ4v) is 4.64. The number of halogens is 2. The third kappa shape index (κ3) is 6.86. The zero-order chi connectivity index (χ0) is 24.1. The van der Waals surface area contributed by atoms with Gasteiger partial charge < -0.3 is 14.2 Å². The monoisotopic (exact) mass is 532 g/mol. The molecule has 0 amide bonds. The van der Waals surface area contributed by atoms with Crippen molar-refractivity contribution < 1.29 is 14.2 Å². The molecule has 0 unspecified atom stereocenters. The Hall–Kier alpha value is -2.44. The van der Waals surface area contributed by atoms with Crippen LogP contribution in [0.2, 0.25) is 0 Å². The molecule has 7 heteroatoms. The van der Waals surface area contributed by atoms with Crippen LogP contribution < -0.4 is 14.2 Å². The number of ether oxygens (including phenoxy) is 3. The smallest absolute Gasteiger partial charge is 0.203 e. The van der Waals surface area contributed by atoms with E-state index in [1.165, 1.54) is 27.8 Å². The number of hydrogen-bond acceptors (Lipinski definition) is 5. The summed E-state index contributed by atoms with van der Waals surface area (Å²) in [4.78, 5) is 5.04. The van der Waals surface area contributed by atoms with Crippen LogP contribution >= 0.6 is 24.8 Å². The second-order valence-corrected chi connectivity index (χ2v) is 9.05. The average Bonchev–Trinajstić information content (AvgIpc) is 2.86. The van der Waals surface area contributed by atoms with Crippen molar-refractivity contribution >= 4 is 24.8 Å². The maximum Gasteiger partial charge on any atom is 0.203 e. The molecule has 0 saturated carbocycles. The molecule has 0 N–H and O–H groups in total. The van der Waals surface area contributed by atoms with Gasteiger partial charge in [-0.15, -0.1) is 24.8 Å². The summed E-state index contributed by atoms with van der Waals surface area (Å²) in [7, 11) is 4.99. The molecule has 0 aromatic heterocycles. The third-order valence-corrected chi connectivity index (χ3v) is 6.77. The van der Waals surface area contributed by atoms with E-state index in [0.717, 1.165) is 50.6 Å². The molecule has 3 aromatic rings. The first-order valence-electron chi connectivity index (χ1n) is 11.9. The lowest BCUT2D eigenvalue weighted by Gasteiger charge is -2.35. The minimum Gasteiger partial charge on any atom is -0.493 e. The Kier molecular flexibility index (Phi) is 11.4. The van der Waals surface area contributed by atoms with Crippen molar-refractivity contribution in [3.8, 4) is 28.4 Å². The largest absolute Gasteiger partial charge is 0.493 e. The van der Waals surface area contributed by atoms with Gasteiger partial charge in [-0.2, -0.15) is 0 Å². The van der Waals surface area contributed by atoms with Crippen molar-refractivity contribution in [3.05, 3.63) is 76.9 Å². The molecule has 196 valence electrons. The van der Waals surface area contributed by atoms with Crippen LogP contribution in [0.3, 0.4) is 0 Å². The highest BCUT2D eigenvalue weighted by atomic mass is 35.5. The average molecular weight is 534 g/mol. The van der Waals surface area contributed by atoms with E-state index in [1.807, 2.05) is 6.07 Å². The molecule has 1 heterocycles. The van der Waals surface area contributed by atoms with E-state index in [9.17, 15) is 0 Å². The third-order valence-electron chi connectivity index (χ3n) is 6.77. The second-order valence-electron chi connectivity index (χ2n) is 9.05. The van der Waals surface area contributed by atoms with Gasteiger partial charge in [-0.25, -0.2) is 0 Å². The van der Waals surface area contributed by atoms with Gasteiger partial charge in [0, 0.05) is 44.8 Å². The lowest BCUT2D eigenvalue weighted by molar-refractivity contribution is 0.121. The van der Waals surface area contributed by atoms with Gasteiger partial charge in [0.1, 0.15) is 0 Å². The van der Waals surface area contributed by atoms with E-state index in [-0.39, 0.29) is 24.8 Å². The van der Waals surface area contributed by atoms with Crippen LogP contribution in [0.25, 0.3) is 11.1 Å². The Morgan fingerprint density at radius 3 is 1.72 bits per heavy atom. The molecule has 0 spiro atoms. The quantitative estimate of drug-likeness (QED) is 0.347. The first-order valence-corrected chi connectivity index (χ1v) is 11.9. The molecule has 0 bridgehead atoms. The van der Waals surface area contributed by atoms with Crippen LogP contribution in [0.1, 0.15) is 22.3 Å². The maximum absolute atomic E-state index is 5.68. The molecule has 0 atom stereocenters. The lowest BCUT2D eigenvalue weighted by Crippen LogP contribution is -2.45. The van der Waals surface area contributed by atoms with Crippen molar-refractivity contribution in [1.29, 1.82) is 0 Å². The zero-order valence-corrected chi connectivity index (χ0v) is 23.5. The van der Waals surface area contributed by atoms with Gasteiger partial charge >= 0.3 is 0 Å². The summed E-state index contributed by atoms with van der Waals surface area (Å²) >= 11 is 0. The molecule has 1 fully saturated rings. The standard InChI is InChI=1S/C29H36N2O3.2ClH/c1-21-6-9-23(10-7-21)24-11-8-22(2)26(18-24)20-31-16-14-30(15-17-31)19-25-12-13-27(32-3)29(34-5)28(25)33-4;;/h6-13,18H,14-17,19-20H2,1-5H3;2*1H. The highest BCUT2D eigenvalue weighted by molar-refractivity contribution is 5.85. The Morgan fingerprint density at radius 1 is 0.611 bits per heavy atom. The minimum absolute atomic E-state index is 0. The van der Waals surface area contributed by atoms with E-state index in [1.54, 1.807) is 21.3 Å². The predicted octanol–water partition coefficient (Wildman–Crippen LogP) is 6.16. The van der Waals surface area contributed by atoms with Gasteiger partial charge in [-0.05, 0) is 48.2 Å². The topological polar surface area (TPSA) is 34.2 Å². The summed E-state index contributed by atoms with van der Waals surface area (Å²) in [6.07, 6.45) is 0.